The molecule has 1 aromatic heterocycles. The standard InChI is InChI=1S/C14H14N4O2/c1-2-20-13(19)7-8-16-14-10-5-3-4-6-11(10)17-18-12(14)9-15/h3-6H,2,7-8H2,1H3,(H,16,17). The van der Waals surface area contributed by atoms with Gasteiger partial charge in [0.05, 0.1) is 24.2 Å². The Kier molecular flexibility index (Phi) is 4.45. The highest BCUT2D eigenvalue weighted by Crippen LogP contribution is 2.23. The molecule has 0 aliphatic rings. The number of fused-ring (bicyclic) bond motifs is 1. The Hall–Kier alpha value is -2.68. The summed E-state index contributed by atoms with van der Waals surface area (Å²) in [4.78, 5) is 11.3. The topological polar surface area (TPSA) is 87.9 Å². The number of anilines is 1. The summed E-state index contributed by atoms with van der Waals surface area (Å²) in [5, 5.41) is 20.8. The first-order valence-electron chi connectivity index (χ1n) is 6.31. The Bertz CT molecular complexity index is 664. The van der Waals surface area contributed by atoms with Gasteiger partial charge in [-0.3, -0.25) is 4.79 Å². The van der Waals surface area contributed by atoms with Crippen LogP contribution in [0.15, 0.2) is 24.3 Å². The minimum Gasteiger partial charge on any atom is -0.466 e. The largest absolute Gasteiger partial charge is 0.466 e. The number of carbonyl (C=O) groups excluding carboxylic acids is 1. The normalized spacial score (nSPS) is 10.0. The summed E-state index contributed by atoms with van der Waals surface area (Å²) < 4.78 is 4.85. The second kappa shape index (κ2) is 6.48. The fourth-order valence-electron chi connectivity index (χ4n) is 1.83. The maximum atomic E-state index is 11.3. The average Bonchev–Trinajstić information content (AvgIpc) is 2.47. The van der Waals surface area contributed by atoms with Crippen molar-refractivity contribution in [3.63, 3.8) is 0 Å². The minimum absolute atomic E-state index is 0.215. The first-order chi connectivity index (χ1) is 9.76. The van der Waals surface area contributed by atoms with Gasteiger partial charge in [-0.25, -0.2) is 0 Å². The maximum absolute atomic E-state index is 11.3. The molecular formula is C14H14N4O2. The van der Waals surface area contributed by atoms with Crippen molar-refractivity contribution >= 4 is 22.6 Å². The molecule has 0 amide bonds. The van der Waals surface area contributed by atoms with Crippen LogP contribution in [-0.2, 0) is 9.53 Å². The van der Waals surface area contributed by atoms with Crippen molar-refractivity contribution in [2.75, 3.05) is 18.5 Å². The van der Waals surface area contributed by atoms with Crippen LogP contribution in [0.1, 0.15) is 19.0 Å². The van der Waals surface area contributed by atoms with Crippen LogP contribution in [0.3, 0.4) is 0 Å². The molecule has 0 spiro atoms. The molecule has 2 rings (SSSR count). The number of hydrogen-bond acceptors (Lipinski definition) is 6. The van der Waals surface area contributed by atoms with Crippen LogP contribution >= 0.6 is 0 Å². The van der Waals surface area contributed by atoms with Crippen molar-refractivity contribution in [3.8, 4) is 6.07 Å². The molecule has 102 valence electrons. The van der Waals surface area contributed by atoms with E-state index in [-0.39, 0.29) is 18.1 Å². The zero-order valence-electron chi connectivity index (χ0n) is 11.1. The van der Waals surface area contributed by atoms with Gasteiger partial charge < -0.3 is 10.1 Å². The molecule has 0 aliphatic carbocycles. The van der Waals surface area contributed by atoms with Crippen molar-refractivity contribution in [1.82, 2.24) is 10.2 Å². The van der Waals surface area contributed by atoms with E-state index in [9.17, 15) is 4.79 Å². The van der Waals surface area contributed by atoms with Crippen LogP contribution in [0.5, 0.6) is 0 Å². The molecule has 0 saturated carbocycles. The van der Waals surface area contributed by atoms with Crippen LogP contribution in [0, 0.1) is 11.3 Å². The first kappa shape index (κ1) is 13.7. The van der Waals surface area contributed by atoms with E-state index >= 15 is 0 Å². The number of rotatable bonds is 5. The SMILES string of the molecule is CCOC(=O)CCNc1c(C#N)nnc2ccccc12. The molecule has 0 saturated heterocycles. The van der Waals surface area contributed by atoms with Crippen LogP contribution in [-0.4, -0.2) is 29.3 Å². The summed E-state index contributed by atoms with van der Waals surface area (Å²) in [6.07, 6.45) is 0.232. The smallest absolute Gasteiger partial charge is 0.307 e. The molecular weight excluding hydrogens is 256 g/mol. The number of hydrogen-bond donors (Lipinski definition) is 1. The van der Waals surface area contributed by atoms with Gasteiger partial charge in [-0.2, -0.15) is 5.26 Å². The second-order valence-electron chi connectivity index (χ2n) is 4.03. The molecule has 6 nitrogen and oxygen atoms in total. The van der Waals surface area contributed by atoms with E-state index in [1.807, 2.05) is 30.3 Å². The third kappa shape index (κ3) is 3.01. The van der Waals surface area contributed by atoms with Crippen LogP contribution in [0.25, 0.3) is 10.9 Å². The molecule has 2 aromatic rings. The van der Waals surface area contributed by atoms with E-state index in [4.69, 9.17) is 10.00 Å². The molecule has 1 aromatic carbocycles. The highest BCUT2D eigenvalue weighted by atomic mass is 16.5. The fraction of sp³-hybridized carbons (Fsp3) is 0.286. The number of nitriles is 1. The summed E-state index contributed by atoms with van der Waals surface area (Å²) in [7, 11) is 0. The Morgan fingerprint density at radius 2 is 2.20 bits per heavy atom. The van der Waals surface area contributed by atoms with Crippen molar-refractivity contribution < 1.29 is 9.53 Å². The van der Waals surface area contributed by atoms with Crippen LogP contribution < -0.4 is 5.32 Å². The van der Waals surface area contributed by atoms with Crippen molar-refractivity contribution in [2.45, 2.75) is 13.3 Å². The lowest BCUT2D eigenvalue weighted by Crippen LogP contribution is -2.12. The zero-order chi connectivity index (χ0) is 14.4. The molecule has 0 radical (unpaired) electrons. The monoisotopic (exact) mass is 270 g/mol. The number of ether oxygens (including phenoxy) is 1. The summed E-state index contributed by atoms with van der Waals surface area (Å²) in [6, 6.07) is 9.39. The number of nitrogens with one attached hydrogen (secondary N) is 1. The third-order valence-corrected chi connectivity index (χ3v) is 2.71. The molecule has 6 heteroatoms. The lowest BCUT2D eigenvalue weighted by Gasteiger charge is -2.09. The lowest BCUT2D eigenvalue weighted by atomic mass is 10.1. The molecule has 0 unspecified atom stereocenters. The quantitative estimate of drug-likeness (QED) is 0.834. The van der Waals surface area contributed by atoms with Gasteiger partial charge in [0.15, 0.2) is 5.69 Å². The maximum Gasteiger partial charge on any atom is 0.307 e. The molecule has 1 N–H and O–H groups in total. The van der Waals surface area contributed by atoms with Gasteiger partial charge in [0.2, 0.25) is 0 Å². The summed E-state index contributed by atoms with van der Waals surface area (Å²) >= 11 is 0. The van der Waals surface area contributed by atoms with Gasteiger partial charge >= 0.3 is 5.97 Å². The van der Waals surface area contributed by atoms with Gasteiger partial charge in [0.1, 0.15) is 6.07 Å². The van der Waals surface area contributed by atoms with Crippen molar-refractivity contribution in [3.05, 3.63) is 30.0 Å². The fourth-order valence-corrected chi connectivity index (χ4v) is 1.83. The number of nitrogens with zero attached hydrogens (tertiary/aromatic N) is 3. The molecule has 0 atom stereocenters. The van der Waals surface area contributed by atoms with Gasteiger partial charge in [0, 0.05) is 11.9 Å². The average molecular weight is 270 g/mol. The van der Waals surface area contributed by atoms with Gasteiger partial charge in [-0.15, -0.1) is 10.2 Å². The third-order valence-electron chi connectivity index (χ3n) is 2.71. The van der Waals surface area contributed by atoms with E-state index < -0.39 is 0 Å². The lowest BCUT2D eigenvalue weighted by molar-refractivity contribution is -0.142. The Balaban J connectivity index is 2.20. The predicted molar refractivity (Wildman–Crippen MR) is 74.0 cm³/mol. The molecule has 0 bridgehead atoms. The molecule has 1 heterocycles. The van der Waals surface area contributed by atoms with E-state index in [1.165, 1.54) is 0 Å². The molecule has 20 heavy (non-hydrogen) atoms. The summed E-state index contributed by atoms with van der Waals surface area (Å²) in [6.45, 7) is 2.50. The number of esters is 1. The van der Waals surface area contributed by atoms with E-state index in [1.54, 1.807) is 6.92 Å². The zero-order valence-corrected chi connectivity index (χ0v) is 11.1. The van der Waals surface area contributed by atoms with Crippen molar-refractivity contribution in [1.29, 1.82) is 5.26 Å². The highest BCUT2D eigenvalue weighted by molar-refractivity contribution is 5.92. The van der Waals surface area contributed by atoms with Gasteiger partial charge in [0.25, 0.3) is 0 Å². The Labute approximate surface area is 116 Å². The van der Waals surface area contributed by atoms with Crippen LogP contribution in [0.4, 0.5) is 5.69 Å². The second-order valence-corrected chi connectivity index (χ2v) is 4.03. The molecule has 0 fully saturated rings. The van der Waals surface area contributed by atoms with E-state index in [2.05, 4.69) is 15.5 Å². The molecule has 0 aliphatic heterocycles. The Morgan fingerprint density at radius 1 is 1.40 bits per heavy atom. The highest BCUT2D eigenvalue weighted by Gasteiger charge is 2.10. The number of carbonyl (C=O) groups is 1. The van der Waals surface area contributed by atoms with E-state index in [0.29, 0.717) is 24.4 Å². The minimum atomic E-state index is -0.273. The predicted octanol–water partition coefficient (Wildman–Crippen LogP) is 1.87. The van der Waals surface area contributed by atoms with E-state index in [0.717, 1.165) is 5.39 Å². The van der Waals surface area contributed by atoms with Gasteiger partial charge in [-0.1, -0.05) is 18.2 Å². The first-order valence-corrected chi connectivity index (χ1v) is 6.31. The summed E-state index contributed by atoms with van der Waals surface area (Å²) in [5.74, 6) is -0.273. The number of benzene rings is 1. The summed E-state index contributed by atoms with van der Waals surface area (Å²) in [5.41, 5.74) is 1.51. The van der Waals surface area contributed by atoms with Crippen molar-refractivity contribution in [2.24, 2.45) is 0 Å². The number of aromatic nitrogens is 2. The van der Waals surface area contributed by atoms with Crippen LogP contribution in [0.2, 0.25) is 0 Å². The Morgan fingerprint density at radius 3 is 2.95 bits per heavy atom. The van der Waals surface area contributed by atoms with Gasteiger partial charge in [-0.05, 0) is 13.0 Å².